The number of methoxy groups -OCH3 is 1. The SMILES string of the molecule is COc1ccc(/C=C2/N=C(c3ccc(C)cc3)N(Nc3ccccc3)C2=O)cc1. The number of hydrogen-bond acceptors (Lipinski definition) is 4. The highest BCUT2D eigenvalue weighted by molar-refractivity contribution is 6.20. The van der Waals surface area contributed by atoms with Gasteiger partial charge in [0.15, 0.2) is 5.84 Å². The average Bonchev–Trinajstić information content (AvgIpc) is 3.05. The molecule has 29 heavy (non-hydrogen) atoms. The summed E-state index contributed by atoms with van der Waals surface area (Å²) in [5.41, 5.74) is 7.25. The fraction of sp³-hybridized carbons (Fsp3) is 0.0833. The van der Waals surface area contributed by atoms with Crippen LogP contribution in [0, 0.1) is 6.92 Å². The molecule has 1 heterocycles. The Labute approximate surface area is 169 Å². The number of amidine groups is 1. The van der Waals surface area contributed by atoms with Crippen LogP contribution in [0.4, 0.5) is 5.69 Å². The summed E-state index contributed by atoms with van der Waals surface area (Å²) in [5, 5.41) is 1.50. The van der Waals surface area contributed by atoms with E-state index in [0.717, 1.165) is 28.1 Å². The highest BCUT2D eigenvalue weighted by Gasteiger charge is 2.31. The third kappa shape index (κ3) is 4.04. The summed E-state index contributed by atoms with van der Waals surface area (Å²) in [6, 6.07) is 25.0. The minimum absolute atomic E-state index is 0.208. The summed E-state index contributed by atoms with van der Waals surface area (Å²) in [6.45, 7) is 2.03. The van der Waals surface area contributed by atoms with Gasteiger partial charge in [-0.1, -0.05) is 60.2 Å². The molecule has 4 rings (SSSR count). The smallest absolute Gasteiger partial charge is 0.297 e. The van der Waals surface area contributed by atoms with Crippen molar-refractivity contribution in [1.29, 1.82) is 0 Å². The van der Waals surface area contributed by atoms with Crippen LogP contribution in [-0.4, -0.2) is 23.9 Å². The number of hydrazine groups is 1. The number of anilines is 1. The van der Waals surface area contributed by atoms with E-state index >= 15 is 0 Å². The lowest BCUT2D eigenvalue weighted by Crippen LogP contribution is -2.37. The Kier molecular flexibility index (Phi) is 5.12. The van der Waals surface area contributed by atoms with Gasteiger partial charge in [-0.25, -0.2) is 4.99 Å². The molecule has 0 radical (unpaired) electrons. The van der Waals surface area contributed by atoms with Crippen LogP contribution >= 0.6 is 0 Å². The Balaban J connectivity index is 1.71. The van der Waals surface area contributed by atoms with E-state index in [4.69, 9.17) is 4.74 Å². The lowest BCUT2D eigenvalue weighted by molar-refractivity contribution is -0.121. The molecule has 0 spiro atoms. The number of aryl methyl sites for hydroxylation is 1. The molecule has 0 saturated carbocycles. The van der Waals surface area contributed by atoms with Crippen LogP contribution in [0.2, 0.25) is 0 Å². The predicted octanol–water partition coefficient (Wildman–Crippen LogP) is 4.66. The van der Waals surface area contributed by atoms with Gasteiger partial charge in [-0.05, 0) is 42.8 Å². The third-order valence-electron chi connectivity index (χ3n) is 4.60. The van der Waals surface area contributed by atoms with Gasteiger partial charge < -0.3 is 4.74 Å². The van der Waals surface area contributed by atoms with Crippen LogP contribution in [0.5, 0.6) is 5.75 Å². The molecule has 1 aliphatic rings. The normalized spacial score (nSPS) is 14.8. The Bertz CT molecular complexity index is 1070. The summed E-state index contributed by atoms with van der Waals surface area (Å²) < 4.78 is 5.19. The zero-order chi connectivity index (χ0) is 20.2. The Morgan fingerprint density at radius 2 is 1.62 bits per heavy atom. The maximum atomic E-state index is 13.1. The second-order valence-electron chi connectivity index (χ2n) is 6.72. The summed E-state index contributed by atoms with van der Waals surface area (Å²) in [5.74, 6) is 1.12. The maximum Gasteiger partial charge on any atom is 0.297 e. The van der Waals surface area contributed by atoms with Crippen molar-refractivity contribution in [1.82, 2.24) is 5.01 Å². The van der Waals surface area contributed by atoms with E-state index in [0.29, 0.717) is 11.5 Å². The lowest BCUT2D eigenvalue weighted by atomic mass is 10.1. The molecular weight excluding hydrogens is 362 g/mol. The molecule has 1 aliphatic heterocycles. The minimum atomic E-state index is -0.208. The van der Waals surface area contributed by atoms with Crippen molar-refractivity contribution in [2.24, 2.45) is 4.99 Å². The van der Waals surface area contributed by atoms with Crippen molar-refractivity contribution in [3.63, 3.8) is 0 Å². The fourth-order valence-electron chi connectivity index (χ4n) is 3.02. The second kappa shape index (κ2) is 8.02. The zero-order valence-electron chi connectivity index (χ0n) is 16.3. The van der Waals surface area contributed by atoms with Crippen molar-refractivity contribution < 1.29 is 9.53 Å². The number of amides is 1. The fourth-order valence-corrected chi connectivity index (χ4v) is 3.02. The molecule has 0 fully saturated rings. The Morgan fingerprint density at radius 3 is 2.28 bits per heavy atom. The van der Waals surface area contributed by atoms with E-state index in [2.05, 4.69) is 10.4 Å². The van der Waals surface area contributed by atoms with Crippen molar-refractivity contribution in [2.75, 3.05) is 12.5 Å². The van der Waals surface area contributed by atoms with Gasteiger partial charge in [0.1, 0.15) is 11.4 Å². The molecule has 0 bridgehead atoms. The molecule has 0 aliphatic carbocycles. The number of nitrogens with zero attached hydrogens (tertiary/aromatic N) is 2. The topological polar surface area (TPSA) is 53.9 Å². The van der Waals surface area contributed by atoms with Gasteiger partial charge in [-0.2, -0.15) is 5.01 Å². The van der Waals surface area contributed by atoms with Gasteiger partial charge >= 0.3 is 0 Å². The van der Waals surface area contributed by atoms with Crippen LogP contribution in [-0.2, 0) is 4.79 Å². The first-order chi connectivity index (χ1) is 14.1. The summed E-state index contributed by atoms with van der Waals surface area (Å²) in [7, 11) is 1.62. The quantitative estimate of drug-likeness (QED) is 0.652. The summed E-state index contributed by atoms with van der Waals surface area (Å²) >= 11 is 0. The standard InChI is InChI=1S/C24H21N3O2/c1-17-8-12-19(13-9-17)23-25-22(16-18-10-14-21(29-2)15-11-18)24(28)27(23)26-20-6-4-3-5-7-20/h3-16,26H,1-2H3/b22-16+. The van der Waals surface area contributed by atoms with E-state index in [1.165, 1.54) is 5.01 Å². The maximum absolute atomic E-state index is 13.1. The van der Waals surface area contributed by atoms with Crippen LogP contribution in [0.1, 0.15) is 16.7 Å². The second-order valence-corrected chi connectivity index (χ2v) is 6.72. The molecule has 0 saturated heterocycles. The molecule has 0 atom stereocenters. The minimum Gasteiger partial charge on any atom is -0.497 e. The predicted molar refractivity (Wildman–Crippen MR) is 116 cm³/mol. The van der Waals surface area contributed by atoms with Crippen molar-refractivity contribution in [3.05, 3.63) is 101 Å². The van der Waals surface area contributed by atoms with Gasteiger partial charge in [0, 0.05) is 5.56 Å². The molecule has 0 aromatic heterocycles. The van der Waals surface area contributed by atoms with Gasteiger partial charge in [0.25, 0.3) is 5.91 Å². The number of para-hydroxylation sites is 1. The molecule has 3 aromatic carbocycles. The average molecular weight is 383 g/mol. The molecule has 1 amide bonds. The van der Waals surface area contributed by atoms with Gasteiger partial charge in [-0.15, -0.1) is 0 Å². The lowest BCUT2D eigenvalue weighted by Gasteiger charge is -2.20. The van der Waals surface area contributed by atoms with Crippen LogP contribution in [0.25, 0.3) is 6.08 Å². The first kappa shape index (κ1) is 18.5. The number of carbonyl (C=O) groups is 1. The van der Waals surface area contributed by atoms with Crippen molar-refractivity contribution in [3.8, 4) is 5.75 Å². The van der Waals surface area contributed by atoms with E-state index in [1.807, 2.05) is 85.8 Å². The summed E-state index contributed by atoms with van der Waals surface area (Å²) in [6.07, 6.45) is 1.78. The molecule has 3 aromatic rings. The number of rotatable bonds is 5. The number of benzene rings is 3. The highest BCUT2D eigenvalue weighted by atomic mass is 16.5. The Morgan fingerprint density at radius 1 is 0.931 bits per heavy atom. The van der Waals surface area contributed by atoms with E-state index < -0.39 is 0 Å². The molecule has 1 N–H and O–H groups in total. The third-order valence-corrected chi connectivity index (χ3v) is 4.60. The molecule has 5 nitrogen and oxygen atoms in total. The largest absolute Gasteiger partial charge is 0.497 e. The van der Waals surface area contributed by atoms with Crippen LogP contribution in [0.3, 0.4) is 0 Å². The van der Waals surface area contributed by atoms with E-state index in [-0.39, 0.29) is 5.91 Å². The monoisotopic (exact) mass is 383 g/mol. The molecular formula is C24H21N3O2. The van der Waals surface area contributed by atoms with Crippen molar-refractivity contribution >= 4 is 23.5 Å². The number of hydrogen-bond donors (Lipinski definition) is 1. The molecule has 5 heteroatoms. The van der Waals surface area contributed by atoms with E-state index in [9.17, 15) is 4.79 Å². The number of carbonyl (C=O) groups excluding carboxylic acids is 1. The van der Waals surface area contributed by atoms with Gasteiger partial charge in [-0.3, -0.25) is 10.2 Å². The Hall–Kier alpha value is -3.86. The van der Waals surface area contributed by atoms with Crippen molar-refractivity contribution in [2.45, 2.75) is 6.92 Å². The first-order valence-corrected chi connectivity index (χ1v) is 9.32. The summed E-state index contributed by atoms with van der Waals surface area (Å²) in [4.78, 5) is 17.8. The molecule has 0 unspecified atom stereocenters. The van der Waals surface area contributed by atoms with Crippen LogP contribution in [0.15, 0.2) is 89.6 Å². The molecule has 144 valence electrons. The van der Waals surface area contributed by atoms with E-state index in [1.54, 1.807) is 13.2 Å². The number of nitrogens with one attached hydrogen (secondary N) is 1. The first-order valence-electron chi connectivity index (χ1n) is 9.32. The number of ether oxygens (including phenoxy) is 1. The number of aliphatic imine (C=N–C) groups is 1. The zero-order valence-corrected chi connectivity index (χ0v) is 16.3. The highest BCUT2D eigenvalue weighted by Crippen LogP contribution is 2.24. The van der Waals surface area contributed by atoms with Gasteiger partial charge in [0.2, 0.25) is 0 Å². The van der Waals surface area contributed by atoms with Crippen LogP contribution < -0.4 is 10.2 Å². The van der Waals surface area contributed by atoms with Gasteiger partial charge in [0.05, 0.1) is 12.8 Å².